The molecular weight excluding hydrogens is 218 g/mol. The Bertz CT molecular complexity index is 399. The number of aryl methyl sites for hydroxylation is 1. The van der Waals surface area contributed by atoms with E-state index in [1.807, 2.05) is 12.3 Å². The first-order valence-corrected chi connectivity index (χ1v) is 6.40. The van der Waals surface area contributed by atoms with Crippen molar-refractivity contribution < 1.29 is 4.79 Å². The number of benzene rings is 1. The van der Waals surface area contributed by atoms with Crippen LogP contribution in [0.15, 0.2) is 35.4 Å². The highest BCUT2D eigenvalue weighted by Gasteiger charge is 1.97. The molecule has 3 heteroatoms. The maximum atomic E-state index is 10.9. The van der Waals surface area contributed by atoms with Gasteiger partial charge in [-0.15, -0.1) is 11.8 Å². The van der Waals surface area contributed by atoms with Crippen molar-refractivity contribution in [3.63, 3.8) is 0 Å². The van der Waals surface area contributed by atoms with Gasteiger partial charge in [0.05, 0.1) is 5.03 Å². The number of hydrogen-bond donors (Lipinski definition) is 1. The van der Waals surface area contributed by atoms with E-state index >= 15 is 0 Å². The van der Waals surface area contributed by atoms with Gasteiger partial charge in [0.1, 0.15) is 0 Å². The average Bonchev–Trinajstić information content (AvgIpc) is 2.24. The molecule has 16 heavy (non-hydrogen) atoms. The maximum Gasteiger partial charge on any atom is 0.155 e. The topological polar surface area (TPSA) is 29.1 Å². The molecule has 0 aliphatic rings. The quantitative estimate of drug-likeness (QED) is 0.796. The van der Waals surface area contributed by atoms with Crippen molar-refractivity contribution in [1.82, 2.24) is 5.32 Å². The Morgan fingerprint density at radius 3 is 2.81 bits per heavy atom. The van der Waals surface area contributed by atoms with E-state index in [1.54, 1.807) is 24.8 Å². The van der Waals surface area contributed by atoms with E-state index in [2.05, 4.69) is 30.4 Å². The minimum Gasteiger partial charge on any atom is -0.376 e. The van der Waals surface area contributed by atoms with Crippen LogP contribution >= 0.6 is 11.8 Å². The van der Waals surface area contributed by atoms with E-state index in [9.17, 15) is 4.79 Å². The number of carbonyl (C=O) groups is 1. The van der Waals surface area contributed by atoms with Gasteiger partial charge in [-0.1, -0.05) is 29.8 Å². The normalized spacial score (nSPS) is 11.3. The second-order valence-electron chi connectivity index (χ2n) is 3.67. The summed E-state index contributed by atoms with van der Waals surface area (Å²) in [6.07, 6.45) is 3.58. The fourth-order valence-corrected chi connectivity index (χ4v) is 1.88. The van der Waals surface area contributed by atoms with E-state index in [0.29, 0.717) is 0 Å². The predicted octanol–water partition coefficient (Wildman–Crippen LogP) is 2.88. The summed E-state index contributed by atoms with van der Waals surface area (Å²) >= 11 is 1.55. The molecule has 0 amide bonds. The lowest BCUT2D eigenvalue weighted by Crippen LogP contribution is -2.11. The summed E-state index contributed by atoms with van der Waals surface area (Å²) < 4.78 is 0. The molecule has 0 saturated heterocycles. The van der Waals surface area contributed by atoms with Gasteiger partial charge in [0, 0.05) is 12.6 Å². The van der Waals surface area contributed by atoms with Gasteiger partial charge in [0.15, 0.2) is 5.78 Å². The third-order valence-corrected chi connectivity index (χ3v) is 2.81. The van der Waals surface area contributed by atoms with Gasteiger partial charge in [0.25, 0.3) is 0 Å². The van der Waals surface area contributed by atoms with Crippen LogP contribution in [0.5, 0.6) is 0 Å². The van der Waals surface area contributed by atoms with Gasteiger partial charge >= 0.3 is 0 Å². The molecule has 0 aromatic heterocycles. The van der Waals surface area contributed by atoms with Gasteiger partial charge in [0.2, 0.25) is 0 Å². The van der Waals surface area contributed by atoms with Crippen molar-refractivity contribution in [1.29, 1.82) is 0 Å². The Morgan fingerprint density at radius 2 is 2.25 bits per heavy atom. The van der Waals surface area contributed by atoms with Crippen LogP contribution in [0.2, 0.25) is 0 Å². The maximum absolute atomic E-state index is 10.9. The molecule has 0 heterocycles. The summed E-state index contributed by atoms with van der Waals surface area (Å²) in [7, 11) is 0. The van der Waals surface area contributed by atoms with Crippen LogP contribution in [0.1, 0.15) is 18.1 Å². The second kappa shape index (κ2) is 6.38. The summed E-state index contributed by atoms with van der Waals surface area (Å²) in [5, 5.41) is 4.16. The molecule has 1 aromatic carbocycles. The molecule has 1 rings (SSSR count). The van der Waals surface area contributed by atoms with E-state index in [4.69, 9.17) is 0 Å². The molecule has 0 spiro atoms. The Kier molecular flexibility index (Phi) is 5.12. The van der Waals surface area contributed by atoms with Crippen molar-refractivity contribution in [3.05, 3.63) is 46.5 Å². The molecule has 1 N–H and O–H groups in total. The second-order valence-corrected chi connectivity index (χ2v) is 4.51. The summed E-state index contributed by atoms with van der Waals surface area (Å²) in [6.45, 7) is 4.39. The largest absolute Gasteiger partial charge is 0.376 e. The fraction of sp³-hybridized carbons (Fsp3) is 0.308. The Hall–Kier alpha value is -1.22. The smallest absolute Gasteiger partial charge is 0.155 e. The fourth-order valence-electron chi connectivity index (χ4n) is 1.38. The first kappa shape index (κ1) is 12.8. The summed E-state index contributed by atoms with van der Waals surface area (Å²) in [5.41, 5.74) is 2.48. The third-order valence-electron chi connectivity index (χ3n) is 2.10. The zero-order valence-corrected chi connectivity index (χ0v) is 10.7. The lowest BCUT2D eigenvalue weighted by atomic mass is 10.1. The summed E-state index contributed by atoms with van der Waals surface area (Å²) in [4.78, 5) is 10.9. The number of ketones is 1. The highest BCUT2D eigenvalue weighted by molar-refractivity contribution is 8.02. The van der Waals surface area contributed by atoms with Crippen molar-refractivity contribution in [2.45, 2.75) is 20.4 Å². The molecule has 0 aliphatic carbocycles. The van der Waals surface area contributed by atoms with Crippen molar-refractivity contribution in [2.24, 2.45) is 0 Å². The lowest BCUT2D eigenvalue weighted by Gasteiger charge is -2.08. The Morgan fingerprint density at radius 1 is 1.50 bits per heavy atom. The molecule has 2 nitrogen and oxygen atoms in total. The van der Waals surface area contributed by atoms with Crippen LogP contribution in [0.3, 0.4) is 0 Å². The SMILES string of the molecule is CSC(=CC(C)=O)NCc1cccc(C)c1. The standard InChI is InChI=1S/C13H17NOS/c1-10-5-4-6-12(7-10)9-14-13(16-3)8-11(2)15/h4-8,14H,9H2,1-3H3. The highest BCUT2D eigenvalue weighted by Crippen LogP contribution is 2.10. The average molecular weight is 235 g/mol. The van der Waals surface area contributed by atoms with Crippen molar-refractivity contribution in [2.75, 3.05) is 6.26 Å². The third kappa shape index (κ3) is 4.53. The number of allylic oxidation sites excluding steroid dienone is 1. The molecule has 0 bridgehead atoms. The van der Waals surface area contributed by atoms with Crippen LogP contribution in [0, 0.1) is 6.92 Å². The number of thioether (sulfide) groups is 1. The molecule has 1 aromatic rings. The molecular formula is C13H17NOS. The monoisotopic (exact) mass is 235 g/mol. The first-order valence-electron chi connectivity index (χ1n) is 5.17. The molecule has 0 aliphatic heterocycles. The lowest BCUT2D eigenvalue weighted by molar-refractivity contribution is -0.112. The van der Waals surface area contributed by atoms with Crippen molar-refractivity contribution in [3.8, 4) is 0 Å². The number of carbonyl (C=O) groups excluding carboxylic acids is 1. The Labute approximate surface area is 101 Å². The molecule has 0 unspecified atom stereocenters. The summed E-state index contributed by atoms with van der Waals surface area (Å²) in [6, 6.07) is 8.33. The number of hydrogen-bond acceptors (Lipinski definition) is 3. The van der Waals surface area contributed by atoms with Gasteiger partial charge in [-0.25, -0.2) is 0 Å². The van der Waals surface area contributed by atoms with E-state index in [1.165, 1.54) is 11.1 Å². The summed E-state index contributed by atoms with van der Waals surface area (Å²) in [5.74, 6) is 0.0705. The molecule has 0 saturated carbocycles. The van der Waals surface area contributed by atoms with Gasteiger partial charge in [-0.2, -0.15) is 0 Å². The van der Waals surface area contributed by atoms with Crippen LogP contribution in [-0.2, 0) is 11.3 Å². The number of nitrogens with one attached hydrogen (secondary N) is 1. The van der Waals surface area contributed by atoms with Gasteiger partial charge in [-0.3, -0.25) is 4.79 Å². The van der Waals surface area contributed by atoms with Crippen LogP contribution in [0.25, 0.3) is 0 Å². The van der Waals surface area contributed by atoms with E-state index < -0.39 is 0 Å². The zero-order chi connectivity index (χ0) is 12.0. The molecule has 0 atom stereocenters. The predicted molar refractivity (Wildman–Crippen MR) is 70.3 cm³/mol. The highest BCUT2D eigenvalue weighted by atomic mass is 32.2. The number of rotatable bonds is 5. The van der Waals surface area contributed by atoms with Crippen molar-refractivity contribution >= 4 is 17.5 Å². The van der Waals surface area contributed by atoms with E-state index in [-0.39, 0.29) is 5.78 Å². The molecule has 0 fully saturated rings. The minimum atomic E-state index is 0.0705. The molecule has 0 radical (unpaired) electrons. The first-order chi connectivity index (χ1) is 7.61. The minimum absolute atomic E-state index is 0.0705. The van der Waals surface area contributed by atoms with E-state index in [0.717, 1.165) is 11.6 Å². The zero-order valence-electron chi connectivity index (χ0n) is 9.91. The van der Waals surface area contributed by atoms with Gasteiger partial charge in [-0.05, 0) is 25.7 Å². The van der Waals surface area contributed by atoms with Gasteiger partial charge < -0.3 is 5.32 Å². The van der Waals surface area contributed by atoms with Crippen LogP contribution in [0.4, 0.5) is 0 Å². The Balaban J connectivity index is 2.59. The molecule has 86 valence electrons. The van der Waals surface area contributed by atoms with Crippen LogP contribution in [-0.4, -0.2) is 12.0 Å². The van der Waals surface area contributed by atoms with Crippen LogP contribution < -0.4 is 5.32 Å².